The molecule has 0 aromatic heterocycles. The van der Waals surface area contributed by atoms with E-state index in [0.717, 1.165) is 11.0 Å². The largest absolute Gasteiger partial charge is 0.389 e. The maximum absolute atomic E-state index is 9.76. The molecule has 4 heteroatoms. The van der Waals surface area contributed by atoms with E-state index in [0.29, 0.717) is 13.2 Å². The minimum Gasteiger partial charge on any atom is -0.389 e. The molecule has 102 valence electrons. The van der Waals surface area contributed by atoms with Crippen LogP contribution < -0.4 is 5.32 Å². The first-order valence-corrected chi connectivity index (χ1v) is 6.94. The second-order valence-electron chi connectivity index (χ2n) is 5.30. The lowest BCUT2D eigenvalue weighted by Gasteiger charge is -2.22. The Kier molecular flexibility index (Phi) is 6.29. The van der Waals surface area contributed by atoms with Gasteiger partial charge in [-0.15, -0.1) is 0 Å². The van der Waals surface area contributed by atoms with E-state index in [1.165, 1.54) is 5.56 Å². The van der Waals surface area contributed by atoms with Gasteiger partial charge < -0.3 is 15.2 Å². The first kappa shape index (κ1) is 15.6. The van der Waals surface area contributed by atoms with Gasteiger partial charge in [0.1, 0.15) is 0 Å². The van der Waals surface area contributed by atoms with E-state index in [1.807, 2.05) is 39.0 Å². The third-order valence-electron chi connectivity index (χ3n) is 2.36. The van der Waals surface area contributed by atoms with Crippen molar-refractivity contribution in [2.24, 2.45) is 0 Å². The second kappa shape index (κ2) is 7.24. The zero-order valence-corrected chi connectivity index (χ0v) is 12.8. The normalized spacial score (nSPS) is 13.6. The van der Waals surface area contributed by atoms with Gasteiger partial charge in [-0.1, -0.05) is 34.1 Å². The minimum absolute atomic E-state index is 0.205. The van der Waals surface area contributed by atoms with Gasteiger partial charge in [-0.05, 0) is 32.4 Å². The molecular formula is C14H22BrNO2. The first-order valence-electron chi connectivity index (χ1n) is 6.14. The van der Waals surface area contributed by atoms with Crippen LogP contribution in [0.25, 0.3) is 0 Å². The van der Waals surface area contributed by atoms with Crippen LogP contribution in [-0.4, -0.2) is 30.0 Å². The van der Waals surface area contributed by atoms with Crippen molar-refractivity contribution >= 4 is 15.9 Å². The van der Waals surface area contributed by atoms with Crippen molar-refractivity contribution in [3.8, 4) is 0 Å². The van der Waals surface area contributed by atoms with Crippen LogP contribution in [-0.2, 0) is 11.3 Å². The zero-order valence-electron chi connectivity index (χ0n) is 11.2. The molecule has 0 bridgehead atoms. The standard InChI is InChI=1S/C14H22BrNO2/c1-14(2,3)18-10-12(17)9-16-8-11-6-4-5-7-13(11)15/h4-7,12,16-17H,8-10H2,1-3H3. The molecule has 0 aliphatic rings. The molecule has 18 heavy (non-hydrogen) atoms. The molecule has 1 aromatic rings. The highest BCUT2D eigenvalue weighted by atomic mass is 79.9. The van der Waals surface area contributed by atoms with Crippen LogP contribution in [0.2, 0.25) is 0 Å². The first-order chi connectivity index (χ1) is 8.38. The highest BCUT2D eigenvalue weighted by Gasteiger charge is 2.13. The Bertz CT molecular complexity index is 363. The number of aliphatic hydroxyl groups is 1. The molecule has 0 aliphatic heterocycles. The summed E-state index contributed by atoms with van der Waals surface area (Å²) in [7, 11) is 0. The zero-order chi connectivity index (χ0) is 13.6. The van der Waals surface area contributed by atoms with Crippen LogP contribution in [0, 0.1) is 0 Å². The molecule has 0 radical (unpaired) electrons. The molecule has 1 unspecified atom stereocenters. The number of hydrogen-bond acceptors (Lipinski definition) is 3. The highest BCUT2D eigenvalue weighted by molar-refractivity contribution is 9.10. The number of benzene rings is 1. The van der Waals surface area contributed by atoms with Gasteiger partial charge in [0, 0.05) is 17.6 Å². The Morgan fingerprint density at radius 2 is 2.00 bits per heavy atom. The van der Waals surface area contributed by atoms with Crippen molar-refractivity contribution in [3.63, 3.8) is 0 Å². The van der Waals surface area contributed by atoms with Crippen LogP contribution in [0.3, 0.4) is 0 Å². The molecule has 0 saturated carbocycles. The molecule has 0 aliphatic carbocycles. The van der Waals surface area contributed by atoms with Gasteiger partial charge >= 0.3 is 0 Å². The quantitative estimate of drug-likeness (QED) is 0.848. The van der Waals surface area contributed by atoms with Gasteiger partial charge in [-0.3, -0.25) is 0 Å². The Morgan fingerprint density at radius 1 is 1.33 bits per heavy atom. The lowest BCUT2D eigenvalue weighted by Crippen LogP contribution is -2.33. The SMILES string of the molecule is CC(C)(C)OCC(O)CNCc1ccccc1Br. The molecule has 1 aromatic carbocycles. The lowest BCUT2D eigenvalue weighted by atomic mass is 10.2. The molecule has 0 saturated heterocycles. The molecule has 3 nitrogen and oxygen atoms in total. The maximum atomic E-state index is 9.76. The van der Waals surface area contributed by atoms with Crippen molar-refractivity contribution in [2.75, 3.05) is 13.2 Å². The number of hydrogen-bond donors (Lipinski definition) is 2. The van der Waals surface area contributed by atoms with Gasteiger partial charge in [-0.25, -0.2) is 0 Å². The molecule has 1 atom stereocenters. The minimum atomic E-state index is -0.480. The smallest absolute Gasteiger partial charge is 0.0898 e. The number of rotatable bonds is 6. The van der Waals surface area contributed by atoms with Crippen molar-refractivity contribution in [3.05, 3.63) is 34.3 Å². The van der Waals surface area contributed by atoms with E-state index < -0.39 is 6.10 Å². The summed E-state index contributed by atoms with van der Waals surface area (Å²) in [4.78, 5) is 0. The van der Waals surface area contributed by atoms with Crippen LogP contribution in [0.1, 0.15) is 26.3 Å². The second-order valence-corrected chi connectivity index (χ2v) is 6.15. The third-order valence-corrected chi connectivity index (χ3v) is 3.14. The molecule has 0 heterocycles. The van der Waals surface area contributed by atoms with E-state index in [4.69, 9.17) is 4.74 Å². The fraction of sp³-hybridized carbons (Fsp3) is 0.571. The topological polar surface area (TPSA) is 41.5 Å². The van der Waals surface area contributed by atoms with Crippen molar-refractivity contribution < 1.29 is 9.84 Å². The summed E-state index contributed by atoms with van der Waals surface area (Å²) in [6, 6.07) is 8.05. The third kappa shape index (κ3) is 6.50. The summed E-state index contributed by atoms with van der Waals surface area (Å²) in [5, 5.41) is 13.0. The van der Waals surface area contributed by atoms with Crippen molar-refractivity contribution in [1.82, 2.24) is 5.32 Å². The van der Waals surface area contributed by atoms with E-state index >= 15 is 0 Å². The molecule has 1 rings (SSSR count). The Balaban J connectivity index is 2.24. The summed E-state index contributed by atoms with van der Waals surface area (Å²) in [5.74, 6) is 0. The van der Waals surface area contributed by atoms with E-state index in [9.17, 15) is 5.11 Å². The molecule has 0 spiro atoms. The van der Waals surface area contributed by atoms with Gasteiger partial charge in [0.25, 0.3) is 0 Å². The average molecular weight is 316 g/mol. The number of aliphatic hydroxyl groups excluding tert-OH is 1. The monoisotopic (exact) mass is 315 g/mol. The summed E-state index contributed by atoms with van der Waals surface area (Å²) < 4.78 is 6.60. The van der Waals surface area contributed by atoms with Crippen molar-refractivity contribution in [1.29, 1.82) is 0 Å². The van der Waals surface area contributed by atoms with Crippen LogP contribution in [0.5, 0.6) is 0 Å². The summed E-state index contributed by atoms with van der Waals surface area (Å²) in [5.41, 5.74) is 0.977. The predicted octanol–water partition coefficient (Wildman–Crippen LogP) is 2.71. The van der Waals surface area contributed by atoms with Gasteiger partial charge in [0.05, 0.1) is 18.3 Å². The fourth-order valence-corrected chi connectivity index (χ4v) is 1.85. The fourth-order valence-electron chi connectivity index (χ4n) is 1.42. The maximum Gasteiger partial charge on any atom is 0.0898 e. The van der Waals surface area contributed by atoms with E-state index in [2.05, 4.69) is 27.3 Å². The highest BCUT2D eigenvalue weighted by Crippen LogP contribution is 2.15. The number of halogens is 1. The average Bonchev–Trinajstić information content (AvgIpc) is 2.28. The molecule has 0 fully saturated rings. The Labute approximate surface area is 118 Å². The summed E-state index contributed by atoms with van der Waals surface area (Å²) in [6.07, 6.45) is -0.480. The molecule has 0 amide bonds. The van der Waals surface area contributed by atoms with Gasteiger partial charge in [-0.2, -0.15) is 0 Å². The predicted molar refractivity (Wildman–Crippen MR) is 77.6 cm³/mol. The lowest BCUT2D eigenvalue weighted by molar-refractivity contribution is -0.0479. The van der Waals surface area contributed by atoms with Gasteiger partial charge in [0.2, 0.25) is 0 Å². The molecule has 2 N–H and O–H groups in total. The Morgan fingerprint density at radius 3 is 2.61 bits per heavy atom. The molecular weight excluding hydrogens is 294 g/mol. The van der Waals surface area contributed by atoms with Crippen LogP contribution >= 0.6 is 15.9 Å². The van der Waals surface area contributed by atoms with E-state index in [1.54, 1.807) is 0 Å². The number of nitrogens with one attached hydrogen (secondary N) is 1. The number of ether oxygens (including phenoxy) is 1. The Hall–Kier alpha value is -0.420. The van der Waals surface area contributed by atoms with Crippen LogP contribution in [0.4, 0.5) is 0 Å². The van der Waals surface area contributed by atoms with E-state index in [-0.39, 0.29) is 5.60 Å². The summed E-state index contributed by atoms with van der Waals surface area (Å²) >= 11 is 3.49. The van der Waals surface area contributed by atoms with Crippen molar-refractivity contribution in [2.45, 2.75) is 39.0 Å². The van der Waals surface area contributed by atoms with Crippen LogP contribution in [0.15, 0.2) is 28.7 Å². The summed E-state index contributed by atoms with van der Waals surface area (Å²) in [6.45, 7) is 7.55. The van der Waals surface area contributed by atoms with Gasteiger partial charge in [0.15, 0.2) is 0 Å².